The van der Waals surface area contributed by atoms with E-state index in [0.717, 1.165) is 23.7 Å². The maximum Gasteiger partial charge on any atom is 0.279 e. The summed E-state index contributed by atoms with van der Waals surface area (Å²) in [6, 6.07) is 9.79. The number of nitriles is 1. The third-order valence-electron chi connectivity index (χ3n) is 3.94. The number of anilines is 1. The second-order valence-electron chi connectivity index (χ2n) is 6.27. The molecule has 0 unspecified atom stereocenters. The second kappa shape index (κ2) is 8.21. The van der Waals surface area contributed by atoms with Crippen molar-refractivity contribution in [2.75, 3.05) is 30.7 Å². The molecule has 1 aromatic rings. The zero-order chi connectivity index (χ0) is 15.9. The van der Waals surface area contributed by atoms with Crippen molar-refractivity contribution in [1.82, 2.24) is 0 Å². The number of thioether (sulfide) groups is 1. The summed E-state index contributed by atoms with van der Waals surface area (Å²) in [5.74, 6) is 1.82. The molecule has 1 amide bonds. The third-order valence-corrected chi connectivity index (χ3v) is 4.88. The Morgan fingerprint density at radius 2 is 2.05 bits per heavy atom. The number of rotatable bonds is 5. The van der Waals surface area contributed by atoms with Gasteiger partial charge < -0.3 is 10.2 Å². The average molecular weight is 318 g/mol. The van der Waals surface area contributed by atoms with Crippen molar-refractivity contribution in [1.29, 1.82) is 5.26 Å². The summed E-state index contributed by atoms with van der Waals surface area (Å²) in [4.78, 5) is 14.6. The smallest absolute Gasteiger partial charge is 0.279 e. The van der Waals surface area contributed by atoms with Gasteiger partial charge in [-0.3, -0.25) is 4.79 Å². The van der Waals surface area contributed by atoms with Crippen LogP contribution in [-0.4, -0.2) is 31.3 Å². The summed E-state index contributed by atoms with van der Waals surface area (Å²) < 4.78 is 0. The van der Waals surface area contributed by atoms with Crippen molar-refractivity contribution >= 4 is 23.4 Å². The van der Waals surface area contributed by atoms with E-state index in [-0.39, 0.29) is 5.91 Å². The number of piperidine rings is 1. The Morgan fingerprint density at radius 1 is 1.36 bits per heavy atom. The van der Waals surface area contributed by atoms with Crippen LogP contribution in [0.4, 0.5) is 5.69 Å². The highest BCUT2D eigenvalue weighted by molar-refractivity contribution is 7.99. The molecule has 0 aromatic heterocycles. The molecular weight excluding hydrogens is 294 g/mol. The van der Waals surface area contributed by atoms with Crippen molar-refractivity contribution in [3.8, 4) is 6.07 Å². The first-order chi connectivity index (χ1) is 10.6. The van der Waals surface area contributed by atoms with Crippen LogP contribution >= 0.6 is 11.8 Å². The summed E-state index contributed by atoms with van der Waals surface area (Å²) in [6.07, 6.45) is 1.26. The van der Waals surface area contributed by atoms with Crippen LogP contribution in [0, 0.1) is 23.2 Å². The highest BCUT2D eigenvalue weighted by atomic mass is 32.2. The molecule has 4 nitrogen and oxygen atoms in total. The van der Waals surface area contributed by atoms with E-state index in [0.29, 0.717) is 24.1 Å². The quantitative estimate of drug-likeness (QED) is 0.814. The van der Waals surface area contributed by atoms with E-state index in [1.54, 1.807) is 0 Å². The first-order valence-electron chi connectivity index (χ1n) is 7.80. The Bertz CT molecular complexity index is 545. The number of benzene rings is 1. The van der Waals surface area contributed by atoms with Gasteiger partial charge in [0.2, 0.25) is 0 Å². The number of carbonyl (C=O) groups is 1. The number of carbonyl (C=O) groups excluding carboxylic acids is 1. The predicted molar refractivity (Wildman–Crippen MR) is 89.9 cm³/mol. The van der Waals surface area contributed by atoms with Crippen molar-refractivity contribution in [2.24, 2.45) is 11.8 Å². The lowest BCUT2D eigenvalue weighted by Gasteiger charge is -2.31. The maximum atomic E-state index is 12.3. The van der Waals surface area contributed by atoms with Crippen LogP contribution in [-0.2, 0) is 4.79 Å². The van der Waals surface area contributed by atoms with Gasteiger partial charge in [0, 0.05) is 16.7 Å². The summed E-state index contributed by atoms with van der Waals surface area (Å²) in [7, 11) is 0. The zero-order valence-electron chi connectivity index (χ0n) is 13.3. The van der Waals surface area contributed by atoms with Gasteiger partial charge in [0.1, 0.15) is 0 Å². The molecule has 0 spiro atoms. The van der Waals surface area contributed by atoms with Gasteiger partial charge in [0.05, 0.1) is 30.6 Å². The van der Waals surface area contributed by atoms with E-state index in [2.05, 4.69) is 25.2 Å². The molecule has 5 heteroatoms. The van der Waals surface area contributed by atoms with Gasteiger partial charge in [0.15, 0.2) is 6.54 Å². The van der Waals surface area contributed by atoms with Crippen LogP contribution in [0.15, 0.2) is 29.2 Å². The van der Waals surface area contributed by atoms with E-state index in [9.17, 15) is 4.79 Å². The van der Waals surface area contributed by atoms with Crippen LogP contribution in [0.5, 0.6) is 0 Å². The Labute approximate surface area is 136 Å². The lowest BCUT2D eigenvalue weighted by molar-refractivity contribution is -0.904. The zero-order valence-corrected chi connectivity index (χ0v) is 14.1. The van der Waals surface area contributed by atoms with E-state index >= 15 is 0 Å². The van der Waals surface area contributed by atoms with Crippen LogP contribution < -0.4 is 10.2 Å². The number of hydrogen-bond donors (Lipinski definition) is 2. The number of amides is 1. The average Bonchev–Trinajstić information content (AvgIpc) is 2.45. The lowest BCUT2D eigenvalue weighted by Crippen LogP contribution is -3.15. The molecule has 1 saturated heterocycles. The molecule has 22 heavy (non-hydrogen) atoms. The van der Waals surface area contributed by atoms with Crippen LogP contribution in [0.25, 0.3) is 0 Å². The van der Waals surface area contributed by atoms with Gasteiger partial charge in [-0.05, 0) is 18.6 Å². The first kappa shape index (κ1) is 16.9. The molecule has 1 fully saturated rings. The molecule has 0 radical (unpaired) electrons. The van der Waals surface area contributed by atoms with E-state index in [4.69, 9.17) is 5.26 Å². The minimum atomic E-state index is 0.0568. The standard InChI is InChI=1S/C17H23N3OS/c1-13-9-14(2)11-20(10-13)12-17(21)19-15-5-3-4-6-16(15)22-8-7-18/h3-6,13-14H,8-12H2,1-2H3,(H,19,21)/p+1/t13-,14-/m0/s1. The monoisotopic (exact) mass is 318 g/mol. The molecule has 0 bridgehead atoms. The van der Waals surface area contributed by atoms with Gasteiger partial charge >= 0.3 is 0 Å². The fourth-order valence-electron chi connectivity index (χ4n) is 3.29. The normalized spacial score (nSPS) is 24.5. The summed E-state index contributed by atoms with van der Waals surface area (Å²) in [5, 5.41) is 11.7. The second-order valence-corrected chi connectivity index (χ2v) is 7.29. The number of para-hydroxylation sites is 1. The van der Waals surface area contributed by atoms with Crippen LogP contribution in [0.3, 0.4) is 0 Å². The Hall–Kier alpha value is -1.51. The van der Waals surface area contributed by atoms with Gasteiger partial charge in [0.25, 0.3) is 5.91 Å². The number of hydrogen-bond acceptors (Lipinski definition) is 3. The molecule has 1 heterocycles. The van der Waals surface area contributed by atoms with Crippen molar-refractivity contribution < 1.29 is 9.69 Å². The molecular formula is C17H24N3OS+. The highest BCUT2D eigenvalue weighted by Gasteiger charge is 2.26. The van der Waals surface area contributed by atoms with Crippen molar-refractivity contribution in [3.63, 3.8) is 0 Å². The molecule has 1 aliphatic rings. The molecule has 1 aromatic carbocycles. The SMILES string of the molecule is C[C@H]1C[C@H](C)C[NH+](CC(=O)Nc2ccccc2SCC#N)C1. The van der Waals surface area contributed by atoms with Gasteiger partial charge in [-0.15, -0.1) is 11.8 Å². The highest BCUT2D eigenvalue weighted by Crippen LogP contribution is 2.26. The Kier molecular flexibility index (Phi) is 6.29. The molecule has 0 saturated carbocycles. The number of quaternary nitrogens is 1. The largest absolute Gasteiger partial charge is 0.327 e. The predicted octanol–water partition coefficient (Wildman–Crippen LogP) is 1.80. The van der Waals surface area contributed by atoms with E-state index in [1.165, 1.54) is 23.1 Å². The number of nitrogens with zero attached hydrogens (tertiary/aromatic N) is 1. The van der Waals surface area contributed by atoms with Crippen LogP contribution in [0.2, 0.25) is 0 Å². The Morgan fingerprint density at radius 3 is 2.73 bits per heavy atom. The van der Waals surface area contributed by atoms with Crippen molar-refractivity contribution in [2.45, 2.75) is 25.2 Å². The summed E-state index contributed by atoms with van der Waals surface area (Å²) >= 11 is 1.45. The van der Waals surface area contributed by atoms with Crippen molar-refractivity contribution in [3.05, 3.63) is 24.3 Å². The van der Waals surface area contributed by atoms with E-state index < -0.39 is 0 Å². The fraction of sp³-hybridized carbons (Fsp3) is 0.529. The first-order valence-corrected chi connectivity index (χ1v) is 8.79. The molecule has 2 atom stereocenters. The number of likely N-dealkylation sites (tertiary alicyclic amines) is 1. The third kappa shape index (κ3) is 5.04. The van der Waals surface area contributed by atoms with Gasteiger partial charge in [-0.2, -0.15) is 5.26 Å². The fourth-order valence-corrected chi connectivity index (χ4v) is 3.96. The molecule has 1 aliphatic heterocycles. The molecule has 118 valence electrons. The van der Waals surface area contributed by atoms with Gasteiger partial charge in [-0.25, -0.2) is 0 Å². The lowest BCUT2D eigenvalue weighted by atomic mass is 9.92. The number of nitrogens with one attached hydrogen (secondary N) is 2. The minimum absolute atomic E-state index is 0.0568. The minimum Gasteiger partial charge on any atom is -0.327 e. The summed E-state index contributed by atoms with van der Waals surface area (Å²) in [5.41, 5.74) is 0.810. The molecule has 0 aliphatic carbocycles. The van der Waals surface area contributed by atoms with E-state index in [1.807, 2.05) is 24.3 Å². The Balaban J connectivity index is 1.93. The van der Waals surface area contributed by atoms with Gasteiger partial charge in [-0.1, -0.05) is 26.0 Å². The molecule has 2 N–H and O–H groups in total. The molecule has 2 rings (SSSR count). The van der Waals surface area contributed by atoms with Crippen LogP contribution in [0.1, 0.15) is 20.3 Å². The summed E-state index contributed by atoms with van der Waals surface area (Å²) in [6.45, 7) is 7.19. The maximum absolute atomic E-state index is 12.3. The topological polar surface area (TPSA) is 57.3 Å².